The Bertz CT molecular complexity index is 543. The molecule has 0 aliphatic rings. The van der Waals surface area contributed by atoms with Crippen molar-refractivity contribution in [3.8, 4) is 0 Å². The Labute approximate surface area is 118 Å². The minimum absolute atomic E-state index is 0.754. The maximum atomic E-state index is 5.69. The van der Waals surface area contributed by atoms with Crippen LogP contribution >= 0.6 is 11.8 Å². The second kappa shape index (κ2) is 6.21. The average Bonchev–Trinajstić information content (AvgIpc) is 2.81. The van der Waals surface area contributed by atoms with Gasteiger partial charge in [-0.3, -0.25) is 0 Å². The number of aryl methyl sites for hydroxylation is 2. The molecule has 0 spiro atoms. The predicted molar refractivity (Wildman–Crippen MR) is 77.3 cm³/mol. The molecule has 0 saturated carbocycles. The van der Waals surface area contributed by atoms with Crippen molar-refractivity contribution in [3.05, 3.63) is 40.6 Å². The summed E-state index contributed by atoms with van der Waals surface area (Å²) in [6, 6.07) is 4.01. The second-order valence-corrected chi connectivity index (χ2v) is 5.43. The predicted octanol–water partition coefficient (Wildman–Crippen LogP) is 3.01. The lowest BCUT2D eigenvalue weighted by Gasteiger charge is -2.05. The number of rotatable bonds is 5. The van der Waals surface area contributed by atoms with Crippen molar-refractivity contribution in [2.75, 3.05) is 7.05 Å². The van der Waals surface area contributed by atoms with Gasteiger partial charge in [0.1, 0.15) is 11.5 Å². The smallest absolute Gasteiger partial charge is 0.188 e. The molecular formula is C14H19N3OS. The maximum absolute atomic E-state index is 5.69. The van der Waals surface area contributed by atoms with Crippen LogP contribution in [-0.2, 0) is 12.3 Å². The van der Waals surface area contributed by atoms with Gasteiger partial charge in [0.15, 0.2) is 5.16 Å². The Kier molecular flexibility index (Phi) is 4.61. The second-order valence-electron chi connectivity index (χ2n) is 4.49. The zero-order valence-electron chi connectivity index (χ0n) is 11.8. The lowest BCUT2D eigenvalue weighted by Crippen LogP contribution is -2.03. The van der Waals surface area contributed by atoms with Gasteiger partial charge in [-0.25, -0.2) is 9.97 Å². The SMILES string of the molecule is CNCc1ccc(CSc2nc(C)c(C)c(C)n2)o1. The molecule has 0 fully saturated rings. The molecule has 19 heavy (non-hydrogen) atoms. The van der Waals surface area contributed by atoms with Crippen LogP contribution in [0.15, 0.2) is 21.7 Å². The van der Waals surface area contributed by atoms with Crippen molar-refractivity contribution >= 4 is 11.8 Å². The molecule has 102 valence electrons. The van der Waals surface area contributed by atoms with Crippen LogP contribution in [0.5, 0.6) is 0 Å². The van der Waals surface area contributed by atoms with Gasteiger partial charge < -0.3 is 9.73 Å². The molecule has 1 N–H and O–H groups in total. The monoisotopic (exact) mass is 277 g/mol. The molecule has 0 aromatic carbocycles. The van der Waals surface area contributed by atoms with E-state index >= 15 is 0 Å². The van der Waals surface area contributed by atoms with E-state index in [1.54, 1.807) is 11.8 Å². The number of furan rings is 1. The highest BCUT2D eigenvalue weighted by molar-refractivity contribution is 7.98. The van der Waals surface area contributed by atoms with Crippen molar-refractivity contribution in [1.29, 1.82) is 0 Å². The Morgan fingerprint density at radius 3 is 2.37 bits per heavy atom. The van der Waals surface area contributed by atoms with Gasteiger partial charge in [0, 0.05) is 11.4 Å². The largest absolute Gasteiger partial charge is 0.464 e. The molecule has 0 radical (unpaired) electrons. The Hall–Kier alpha value is -1.33. The van der Waals surface area contributed by atoms with Gasteiger partial charge >= 0.3 is 0 Å². The molecule has 0 bridgehead atoms. The number of thioether (sulfide) groups is 1. The van der Waals surface area contributed by atoms with E-state index in [2.05, 4.69) is 22.2 Å². The van der Waals surface area contributed by atoms with E-state index in [0.29, 0.717) is 0 Å². The fourth-order valence-electron chi connectivity index (χ4n) is 1.71. The summed E-state index contributed by atoms with van der Waals surface area (Å²) in [5.41, 5.74) is 3.26. The van der Waals surface area contributed by atoms with Gasteiger partial charge in [0.2, 0.25) is 0 Å². The van der Waals surface area contributed by atoms with Crippen molar-refractivity contribution in [3.63, 3.8) is 0 Å². The van der Waals surface area contributed by atoms with Crippen LogP contribution in [0.3, 0.4) is 0 Å². The molecule has 0 aliphatic heterocycles. The van der Waals surface area contributed by atoms with Crippen LogP contribution < -0.4 is 5.32 Å². The standard InChI is InChI=1S/C14H19N3OS/c1-9-10(2)16-14(17-11(9)3)19-8-13-6-5-12(18-13)7-15-4/h5-6,15H,7-8H2,1-4H3. The zero-order chi connectivity index (χ0) is 13.8. The van der Waals surface area contributed by atoms with Gasteiger partial charge in [-0.2, -0.15) is 0 Å². The number of hydrogen-bond acceptors (Lipinski definition) is 5. The summed E-state index contributed by atoms with van der Waals surface area (Å²) < 4.78 is 5.69. The highest BCUT2D eigenvalue weighted by Gasteiger charge is 2.07. The van der Waals surface area contributed by atoms with Crippen molar-refractivity contribution in [2.24, 2.45) is 0 Å². The van der Waals surface area contributed by atoms with Crippen LogP contribution in [0.4, 0.5) is 0 Å². The van der Waals surface area contributed by atoms with Crippen LogP contribution in [0.2, 0.25) is 0 Å². The van der Waals surface area contributed by atoms with Crippen molar-refractivity contribution in [1.82, 2.24) is 15.3 Å². The highest BCUT2D eigenvalue weighted by Crippen LogP contribution is 2.22. The minimum Gasteiger partial charge on any atom is -0.464 e. The third-order valence-electron chi connectivity index (χ3n) is 3.02. The first-order chi connectivity index (χ1) is 9.10. The first-order valence-electron chi connectivity index (χ1n) is 6.27. The van der Waals surface area contributed by atoms with Gasteiger partial charge in [-0.05, 0) is 45.5 Å². The van der Waals surface area contributed by atoms with Crippen LogP contribution in [0.25, 0.3) is 0 Å². The summed E-state index contributed by atoms with van der Waals surface area (Å²) in [4.78, 5) is 8.98. The summed E-state index contributed by atoms with van der Waals surface area (Å²) in [5.74, 6) is 2.66. The molecule has 0 saturated heterocycles. The fourth-order valence-corrected chi connectivity index (χ4v) is 2.54. The fraction of sp³-hybridized carbons (Fsp3) is 0.429. The van der Waals surface area contributed by atoms with Gasteiger partial charge in [0.05, 0.1) is 12.3 Å². The van der Waals surface area contributed by atoms with Crippen molar-refractivity contribution < 1.29 is 4.42 Å². The molecule has 5 heteroatoms. The minimum atomic E-state index is 0.754. The Morgan fingerprint density at radius 1 is 1.11 bits per heavy atom. The highest BCUT2D eigenvalue weighted by atomic mass is 32.2. The van der Waals surface area contributed by atoms with Crippen LogP contribution in [0.1, 0.15) is 28.5 Å². The maximum Gasteiger partial charge on any atom is 0.188 e. The summed E-state index contributed by atoms with van der Waals surface area (Å²) in [6.07, 6.45) is 0. The average molecular weight is 277 g/mol. The first kappa shape index (κ1) is 14.1. The first-order valence-corrected chi connectivity index (χ1v) is 7.25. The van der Waals surface area contributed by atoms with E-state index < -0.39 is 0 Å². The van der Waals surface area contributed by atoms with E-state index in [1.165, 1.54) is 5.56 Å². The molecule has 0 atom stereocenters. The van der Waals surface area contributed by atoms with Gasteiger partial charge in [-0.1, -0.05) is 11.8 Å². The summed E-state index contributed by atoms with van der Waals surface area (Å²) in [7, 11) is 1.91. The van der Waals surface area contributed by atoms with E-state index in [9.17, 15) is 0 Å². The van der Waals surface area contributed by atoms with Crippen LogP contribution in [-0.4, -0.2) is 17.0 Å². The number of aromatic nitrogens is 2. The molecule has 0 unspecified atom stereocenters. The van der Waals surface area contributed by atoms with E-state index in [-0.39, 0.29) is 0 Å². The number of nitrogens with zero attached hydrogens (tertiary/aromatic N) is 2. The summed E-state index contributed by atoms with van der Waals surface area (Å²) >= 11 is 1.61. The summed E-state index contributed by atoms with van der Waals surface area (Å²) in [5, 5.41) is 3.88. The molecule has 0 amide bonds. The molecule has 2 aromatic heterocycles. The van der Waals surface area contributed by atoms with Gasteiger partial charge in [0.25, 0.3) is 0 Å². The molecule has 2 aromatic rings. The molecule has 0 aliphatic carbocycles. The topological polar surface area (TPSA) is 51.0 Å². The molecule has 2 rings (SSSR count). The van der Waals surface area contributed by atoms with Crippen molar-refractivity contribution in [2.45, 2.75) is 38.2 Å². The molecule has 2 heterocycles. The number of hydrogen-bond donors (Lipinski definition) is 1. The van der Waals surface area contributed by atoms with Crippen LogP contribution in [0, 0.1) is 20.8 Å². The number of nitrogens with one attached hydrogen (secondary N) is 1. The molecule has 4 nitrogen and oxygen atoms in total. The lowest BCUT2D eigenvalue weighted by atomic mass is 10.2. The van der Waals surface area contributed by atoms with E-state index in [1.807, 2.05) is 33.0 Å². The lowest BCUT2D eigenvalue weighted by molar-refractivity contribution is 0.468. The van der Waals surface area contributed by atoms with E-state index in [4.69, 9.17) is 4.42 Å². The normalized spacial score (nSPS) is 10.9. The third-order valence-corrected chi connectivity index (χ3v) is 3.89. The van der Waals surface area contributed by atoms with E-state index in [0.717, 1.165) is 40.4 Å². The quantitative estimate of drug-likeness (QED) is 0.672. The molecular weight excluding hydrogens is 258 g/mol. The zero-order valence-corrected chi connectivity index (χ0v) is 12.6. The third kappa shape index (κ3) is 3.58. The summed E-state index contributed by atoms with van der Waals surface area (Å²) in [6.45, 7) is 6.84. The Morgan fingerprint density at radius 2 is 1.74 bits per heavy atom. The van der Waals surface area contributed by atoms with Gasteiger partial charge in [-0.15, -0.1) is 0 Å². The Balaban J connectivity index is 2.01.